The fraction of sp³-hybridized carbons (Fsp3) is 0. The van der Waals surface area contributed by atoms with Crippen LogP contribution in [0.3, 0.4) is 0 Å². The van der Waals surface area contributed by atoms with Crippen molar-refractivity contribution in [1.82, 2.24) is 9.97 Å². The first kappa shape index (κ1) is 13.3. The van der Waals surface area contributed by atoms with Gasteiger partial charge in [0, 0.05) is 6.07 Å². The standard InChI is InChI=1S/C12H10N4O4/c17-10-5-9(14-12(20)15-10)6-13-16-8-3-1-7(2-4-8)11(18)19/h1-6,16H,(H,18,19)(H2,14,15,17,20)/b13-6+. The van der Waals surface area contributed by atoms with Crippen molar-refractivity contribution in [1.29, 1.82) is 0 Å². The monoisotopic (exact) mass is 274 g/mol. The van der Waals surface area contributed by atoms with Gasteiger partial charge in [0.05, 0.1) is 23.2 Å². The Labute approximate surface area is 111 Å². The van der Waals surface area contributed by atoms with Crippen LogP contribution in [0.1, 0.15) is 16.1 Å². The lowest BCUT2D eigenvalue weighted by molar-refractivity contribution is 0.0697. The minimum atomic E-state index is -1.01. The van der Waals surface area contributed by atoms with E-state index < -0.39 is 17.2 Å². The number of H-pyrrole nitrogens is 2. The SMILES string of the molecule is O=C(O)c1ccc(N/N=C/c2cc(=O)[nH]c(=O)[nH]2)cc1. The molecular weight excluding hydrogens is 264 g/mol. The first-order chi connectivity index (χ1) is 9.54. The zero-order valence-corrected chi connectivity index (χ0v) is 10.1. The summed E-state index contributed by atoms with van der Waals surface area (Å²) in [7, 11) is 0. The van der Waals surface area contributed by atoms with Gasteiger partial charge in [-0.1, -0.05) is 0 Å². The fourth-order valence-corrected chi connectivity index (χ4v) is 1.42. The van der Waals surface area contributed by atoms with E-state index in [1.807, 2.05) is 4.98 Å². The Bertz CT molecular complexity index is 730. The highest BCUT2D eigenvalue weighted by Gasteiger charge is 2.00. The molecule has 102 valence electrons. The number of aromatic carboxylic acids is 1. The molecule has 1 aromatic heterocycles. The molecule has 1 aromatic carbocycles. The Hall–Kier alpha value is -3.16. The molecule has 0 saturated heterocycles. The van der Waals surface area contributed by atoms with Gasteiger partial charge in [0.15, 0.2) is 0 Å². The number of carbonyl (C=O) groups is 1. The third kappa shape index (κ3) is 3.42. The average molecular weight is 274 g/mol. The van der Waals surface area contributed by atoms with Crippen molar-refractivity contribution < 1.29 is 9.90 Å². The van der Waals surface area contributed by atoms with Gasteiger partial charge in [-0.25, -0.2) is 9.59 Å². The van der Waals surface area contributed by atoms with Crippen LogP contribution in [0.5, 0.6) is 0 Å². The van der Waals surface area contributed by atoms with Gasteiger partial charge in [-0.05, 0) is 24.3 Å². The molecule has 8 nitrogen and oxygen atoms in total. The summed E-state index contributed by atoms with van der Waals surface area (Å²) in [5.41, 5.74) is 2.47. The van der Waals surface area contributed by atoms with E-state index in [0.29, 0.717) is 5.69 Å². The van der Waals surface area contributed by atoms with Crippen molar-refractivity contribution in [2.75, 3.05) is 5.43 Å². The molecule has 8 heteroatoms. The zero-order chi connectivity index (χ0) is 14.5. The van der Waals surface area contributed by atoms with Crippen molar-refractivity contribution >= 4 is 17.9 Å². The zero-order valence-electron chi connectivity index (χ0n) is 10.1. The normalized spacial score (nSPS) is 10.6. The summed E-state index contributed by atoms with van der Waals surface area (Å²) in [6.07, 6.45) is 1.27. The highest BCUT2D eigenvalue weighted by molar-refractivity contribution is 5.88. The highest BCUT2D eigenvalue weighted by atomic mass is 16.4. The third-order valence-electron chi connectivity index (χ3n) is 2.31. The van der Waals surface area contributed by atoms with E-state index in [1.54, 1.807) is 12.1 Å². The lowest BCUT2D eigenvalue weighted by atomic mass is 10.2. The number of rotatable bonds is 4. The van der Waals surface area contributed by atoms with Crippen LogP contribution in [0.4, 0.5) is 5.69 Å². The molecule has 2 aromatic rings. The number of hydrazone groups is 1. The number of hydrogen-bond donors (Lipinski definition) is 4. The largest absolute Gasteiger partial charge is 0.478 e. The van der Waals surface area contributed by atoms with E-state index in [9.17, 15) is 14.4 Å². The Morgan fingerprint density at radius 2 is 1.90 bits per heavy atom. The summed E-state index contributed by atoms with van der Waals surface area (Å²) >= 11 is 0. The number of aromatic nitrogens is 2. The summed E-state index contributed by atoms with van der Waals surface area (Å²) in [5.74, 6) is -1.01. The molecule has 1 heterocycles. The molecule has 0 aliphatic heterocycles. The lowest BCUT2D eigenvalue weighted by Gasteiger charge is -2.00. The summed E-state index contributed by atoms with van der Waals surface area (Å²) < 4.78 is 0. The van der Waals surface area contributed by atoms with E-state index >= 15 is 0 Å². The third-order valence-corrected chi connectivity index (χ3v) is 2.31. The predicted octanol–water partition coefficient (Wildman–Crippen LogP) is 0.207. The first-order valence-electron chi connectivity index (χ1n) is 5.51. The van der Waals surface area contributed by atoms with Crippen molar-refractivity contribution in [2.45, 2.75) is 0 Å². The molecule has 0 unspecified atom stereocenters. The molecule has 4 N–H and O–H groups in total. The van der Waals surface area contributed by atoms with Gasteiger partial charge >= 0.3 is 11.7 Å². The number of hydrogen-bond acceptors (Lipinski definition) is 5. The number of carboxylic acids is 1. The number of carboxylic acid groups (broad SMARTS) is 1. The smallest absolute Gasteiger partial charge is 0.335 e. The van der Waals surface area contributed by atoms with E-state index in [2.05, 4.69) is 15.5 Å². The van der Waals surface area contributed by atoms with Gasteiger partial charge in [0.25, 0.3) is 5.56 Å². The van der Waals surface area contributed by atoms with Crippen LogP contribution in [0, 0.1) is 0 Å². The molecular formula is C12H10N4O4. The van der Waals surface area contributed by atoms with Gasteiger partial charge in [-0.3, -0.25) is 15.2 Å². The number of benzene rings is 1. The van der Waals surface area contributed by atoms with E-state index in [1.165, 1.54) is 24.4 Å². The quantitative estimate of drug-likeness (QED) is 0.468. The minimum absolute atomic E-state index is 0.165. The highest BCUT2D eigenvalue weighted by Crippen LogP contribution is 2.09. The second-order valence-corrected chi connectivity index (χ2v) is 3.80. The fourth-order valence-electron chi connectivity index (χ4n) is 1.42. The average Bonchev–Trinajstić information content (AvgIpc) is 2.38. The molecule has 0 bridgehead atoms. The van der Waals surface area contributed by atoms with Crippen LogP contribution in [0.2, 0.25) is 0 Å². The molecule has 20 heavy (non-hydrogen) atoms. The maximum Gasteiger partial charge on any atom is 0.335 e. The van der Waals surface area contributed by atoms with E-state index in [4.69, 9.17) is 5.11 Å². The van der Waals surface area contributed by atoms with Crippen molar-refractivity contribution in [3.63, 3.8) is 0 Å². The van der Waals surface area contributed by atoms with Crippen LogP contribution in [-0.2, 0) is 0 Å². The Morgan fingerprint density at radius 1 is 1.20 bits per heavy atom. The molecule has 2 rings (SSSR count). The van der Waals surface area contributed by atoms with Gasteiger partial charge < -0.3 is 10.1 Å². The van der Waals surface area contributed by atoms with E-state index in [0.717, 1.165) is 0 Å². The van der Waals surface area contributed by atoms with Crippen molar-refractivity contribution in [3.05, 3.63) is 62.4 Å². The van der Waals surface area contributed by atoms with Crippen molar-refractivity contribution in [2.24, 2.45) is 5.10 Å². The molecule has 0 radical (unpaired) electrons. The summed E-state index contributed by atoms with van der Waals surface area (Å²) in [6, 6.07) is 7.12. The molecule has 0 aliphatic carbocycles. The molecule has 0 saturated carbocycles. The van der Waals surface area contributed by atoms with Crippen LogP contribution < -0.4 is 16.7 Å². The second-order valence-electron chi connectivity index (χ2n) is 3.80. The van der Waals surface area contributed by atoms with Gasteiger partial charge in [0.1, 0.15) is 0 Å². The summed E-state index contributed by atoms with van der Waals surface area (Å²) in [4.78, 5) is 37.1. The summed E-state index contributed by atoms with van der Waals surface area (Å²) in [5, 5.41) is 12.6. The van der Waals surface area contributed by atoms with Gasteiger partial charge in [-0.2, -0.15) is 5.10 Å². The minimum Gasteiger partial charge on any atom is -0.478 e. The predicted molar refractivity (Wildman–Crippen MR) is 72.3 cm³/mol. The molecule has 0 atom stereocenters. The number of aromatic amines is 2. The number of nitrogens with zero attached hydrogens (tertiary/aromatic N) is 1. The summed E-state index contributed by atoms with van der Waals surface area (Å²) in [6.45, 7) is 0. The number of anilines is 1. The van der Waals surface area contributed by atoms with Crippen LogP contribution in [-0.4, -0.2) is 27.3 Å². The maximum absolute atomic E-state index is 11.0. The Balaban J connectivity index is 2.07. The van der Waals surface area contributed by atoms with Crippen LogP contribution in [0.25, 0.3) is 0 Å². The topological polar surface area (TPSA) is 127 Å². The Morgan fingerprint density at radius 3 is 2.50 bits per heavy atom. The van der Waals surface area contributed by atoms with Gasteiger partial charge in [-0.15, -0.1) is 0 Å². The molecule has 0 aliphatic rings. The Kier molecular flexibility index (Phi) is 3.75. The number of nitrogens with one attached hydrogen (secondary N) is 3. The van der Waals surface area contributed by atoms with Gasteiger partial charge in [0.2, 0.25) is 0 Å². The van der Waals surface area contributed by atoms with Crippen LogP contribution in [0.15, 0.2) is 45.0 Å². The van der Waals surface area contributed by atoms with Crippen molar-refractivity contribution in [3.8, 4) is 0 Å². The second kappa shape index (κ2) is 5.65. The lowest BCUT2D eigenvalue weighted by Crippen LogP contribution is -2.22. The molecule has 0 fully saturated rings. The molecule has 0 amide bonds. The molecule has 0 spiro atoms. The maximum atomic E-state index is 11.0. The van der Waals surface area contributed by atoms with Crippen LogP contribution >= 0.6 is 0 Å². The first-order valence-corrected chi connectivity index (χ1v) is 5.51. The van der Waals surface area contributed by atoms with E-state index in [-0.39, 0.29) is 11.3 Å².